The van der Waals surface area contributed by atoms with Gasteiger partial charge in [0.05, 0.1) is 12.7 Å². The molecule has 0 aliphatic rings. The third-order valence-corrected chi connectivity index (χ3v) is 1.93. The summed E-state index contributed by atoms with van der Waals surface area (Å²) in [7, 11) is 0. The highest BCUT2D eigenvalue weighted by Gasteiger charge is 2.30. The van der Waals surface area contributed by atoms with Crippen LogP contribution in [0.5, 0.6) is 0 Å². The molecule has 3 nitrogen and oxygen atoms in total. The van der Waals surface area contributed by atoms with E-state index in [1.807, 2.05) is 0 Å². The van der Waals surface area contributed by atoms with E-state index in [1.54, 1.807) is 12.2 Å². The first-order valence-corrected chi connectivity index (χ1v) is 5.25. The fraction of sp³-hybridized carbons (Fsp3) is 0.444. The van der Waals surface area contributed by atoms with E-state index in [4.69, 9.17) is 39.5 Å². The van der Waals surface area contributed by atoms with Crippen molar-refractivity contribution in [3.63, 3.8) is 0 Å². The summed E-state index contributed by atoms with van der Waals surface area (Å²) in [6.07, 6.45) is 2.80. The molecule has 0 radical (unpaired) electrons. The summed E-state index contributed by atoms with van der Waals surface area (Å²) in [4.78, 5) is 11.1. The SMILES string of the molecule is C=CCOC(C=C)CNC(=O)C(Cl)(Cl)Cl. The van der Waals surface area contributed by atoms with Crippen molar-refractivity contribution in [2.45, 2.75) is 9.90 Å². The first-order valence-electron chi connectivity index (χ1n) is 4.12. The van der Waals surface area contributed by atoms with Crippen molar-refractivity contribution in [3.05, 3.63) is 25.3 Å². The van der Waals surface area contributed by atoms with Gasteiger partial charge in [0.25, 0.3) is 9.70 Å². The average Bonchev–Trinajstić information content (AvgIpc) is 2.16. The number of carbonyl (C=O) groups excluding carboxylic acids is 1. The molecule has 86 valence electrons. The number of halogens is 3. The smallest absolute Gasteiger partial charge is 0.272 e. The van der Waals surface area contributed by atoms with Crippen LogP contribution in [0.15, 0.2) is 25.3 Å². The van der Waals surface area contributed by atoms with Crippen molar-refractivity contribution < 1.29 is 9.53 Å². The molecule has 0 aromatic carbocycles. The number of nitrogens with one attached hydrogen (secondary N) is 1. The maximum atomic E-state index is 11.1. The first kappa shape index (κ1) is 14.8. The predicted molar refractivity (Wildman–Crippen MR) is 63.4 cm³/mol. The van der Waals surface area contributed by atoms with Gasteiger partial charge in [-0.15, -0.1) is 13.2 Å². The topological polar surface area (TPSA) is 38.3 Å². The molecule has 0 rings (SSSR count). The predicted octanol–water partition coefficient (Wildman–Crippen LogP) is 2.23. The fourth-order valence-electron chi connectivity index (χ4n) is 0.695. The number of amides is 1. The second-order valence-electron chi connectivity index (χ2n) is 2.60. The summed E-state index contributed by atoms with van der Waals surface area (Å²) < 4.78 is 3.27. The number of hydrogen-bond acceptors (Lipinski definition) is 2. The normalized spacial score (nSPS) is 13.0. The van der Waals surface area contributed by atoms with Crippen LogP contribution < -0.4 is 5.32 Å². The Bertz CT molecular complexity index is 238. The van der Waals surface area contributed by atoms with Gasteiger partial charge in [-0.05, 0) is 0 Å². The molecule has 6 heteroatoms. The highest BCUT2D eigenvalue weighted by atomic mass is 35.6. The highest BCUT2D eigenvalue weighted by molar-refractivity contribution is 6.76. The van der Waals surface area contributed by atoms with Crippen LogP contribution in [-0.4, -0.2) is 29.0 Å². The van der Waals surface area contributed by atoms with Crippen molar-refractivity contribution in [1.82, 2.24) is 5.32 Å². The molecule has 0 aliphatic carbocycles. The molecule has 0 aromatic rings. The van der Waals surface area contributed by atoms with Crippen molar-refractivity contribution in [2.24, 2.45) is 0 Å². The quantitative estimate of drug-likeness (QED) is 0.595. The molecule has 0 aliphatic heterocycles. The van der Waals surface area contributed by atoms with Crippen molar-refractivity contribution in [3.8, 4) is 0 Å². The summed E-state index contributed by atoms with van der Waals surface area (Å²) >= 11 is 16.1. The number of carbonyl (C=O) groups is 1. The minimum absolute atomic E-state index is 0.198. The van der Waals surface area contributed by atoms with E-state index in [9.17, 15) is 4.79 Å². The molecular weight excluding hydrogens is 260 g/mol. The van der Waals surface area contributed by atoms with Crippen molar-refractivity contribution in [1.29, 1.82) is 0 Å². The third-order valence-electron chi connectivity index (χ3n) is 1.41. The minimum atomic E-state index is -1.95. The Morgan fingerprint density at radius 1 is 1.47 bits per heavy atom. The largest absolute Gasteiger partial charge is 0.368 e. The molecule has 1 N–H and O–H groups in total. The lowest BCUT2D eigenvalue weighted by Crippen LogP contribution is -2.39. The summed E-state index contributed by atoms with van der Waals surface area (Å²) in [6, 6.07) is 0. The molecule has 0 spiro atoms. The first-order chi connectivity index (χ1) is 6.91. The van der Waals surface area contributed by atoms with E-state index in [1.165, 1.54) is 0 Å². The van der Waals surface area contributed by atoms with Gasteiger partial charge in [0.2, 0.25) is 0 Å². The Morgan fingerprint density at radius 2 is 2.07 bits per heavy atom. The van der Waals surface area contributed by atoms with Crippen LogP contribution in [0, 0.1) is 0 Å². The molecule has 0 heterocycles. The standard InChI is InChI=1S/C9H12Cl3NO2/c1-3-5-15-7(4-2)6-13-8(14)9(10,11)12/h3-4,7H,1-2,5-6H2,(H,13,14). The maximum absolute atomic E-state index is 11.1. The van der Waals surface area contributed by atoms with E-state index < -0.39 is 9.70 Å². The summed E-state index contributed by atoms with van der Waals surface area (Å²) in [6.45, 7) is 7.60. The Hall–Kier alpha value is -0.220. The Kier molecular flexibility index (Phi) is 7.02. The van der Waals surface area contributed by atoms with Gasteiger partial charge < -0.3 is 10.1 Å². The fourth-order valence-corrected chi connectivity index (χ4v) is 0.896. The number of alkyl halides is 3. The Morgan fingerprint density at radius 3 is 2.47 bits per heavy atom. The lowest BCUT2D eigenvalue weighted by atomic mass is 10.3. The molecule has 0 aromatic heterocycles. The van der Waals surface area contributed by atoms with E-state index in [0.717, 1.165) is 0 Å². The zero-order chi connectivity index (χ0) is 11.9. The van der Waals surface area contributed by atoms with Gasteiger partial charge in [0, 0.05) is 6.54 Å². The molecule has 0 saturated carbocycles. The van der Waals surface area contributed by atoms with Crippen LogP contribution in [-0.2, 0) is 9.53 Å². The third kappa shape index (κ3) is 6.79. The molecular formula is C9H12Cl3NO2. The van der Waals surface area contributed by atoms with Gasteiger partial charge in [-0.1, -0.05) is 47.0 Å². The maximum Gasteiger partial charge on any atom is 0.272 e. The van der Waals surface area contributed by atoms with Gasteiger partial charge in [-0.25, -0.2) is 0 Å². The number of ether oxygens (including phenoxy) is 1. The Labute approximate surface area is 104 Å². The zero-order valence-electron chi connectivity index (χ0n) is 8.01. The molecule has 0 fully saturated rings. The molecule has 0 bridgehead atoms. The summed E-state index contributed by atoms with van der Waals surface area (Å²) in [5.74, 6) is -0.693. The molecule has 1 unspecified atom stereocenters. The lowest BCUT2D eigenvalue weighted by Gasteiger charge is -2.16. The highest BCUT2D eigenvalue weighted by Crippen LogP contribution is 2.25. The molecule has 1 atom stereocenters. The van der Waals surface area contributed by atoms with E-state index in [-0.39, 0.29) is 12.6 Å². The lowest BCUT2D eigenvalue weighted by molar-refractivity contribution is -0.120. The van der Waals surface area contributed by atoms with E-state index in [2.05, 4.69) is 18.5 Å². The van der Waals surface area contributed by atoms with Gasteiger partial charge in [-0.2, -0.15) is 0 Å². The molecule has 15 heavy (non-hydrogen) atoms. The van der Waals surface area contributed by atoms with Gasteiger partial charge in [0.1, 0.15) is 0 Å². The van der Waals surface area contributed by atoms with Crippen LogP contribution in [0.2, 0.25) is 0 Å². The summed E-state index contributed by atoms with van der Waals surface area (Å²) in [5, 5.41) is 2.42. The second kappa shape index (κ2) is 7.12. The van der Waals surface area contributed by atoms with Crippen molar-refractivity contribution in [2.75, 3.05) is 13.2 Å². The number of rotatable bonds is 6. The van der Waals surface area contributed by atoms with Crippen LogP contribution in [0.1, 0.15) is 0 Å². The second-order valence-corrected chi connectivity index (χ2v) is 4.89. The summed E-state index contributed by atoms with van der Waals surface area (Å²) in [5.41, 5.74) is 0. The van der Waals surface area contributed by atoms with Crippen molar-refractivity contribution >= 4 is 40.7 Å². The average molecular weight is 273 g/mol. The van der Waals surface area contributed by atoms with Gasteiger partial charge >= 0.3 is 0 Å². The van der Waals surface area contributed by atoms with Gasteiger partial charge in [-0.3, -0.25) is 4.79 Å². The van der Waals surface area contributed by atoms with Crippen LogP contribution in [0.4, 0.5) is 0 Å². The van der Waals surface area contributed by atoms with Crippen LogP contribution >= 0.6 is 34.8 Å². The van der Waals surface area contributed by atoms with E-state index >= 15 is 0 Å². The molecule has 1 amide bonds. The number of hydrogen-bond donors (Lipinski definition) is 1. The Balaban J connectivity index is 3.95. The van der Waals surface area contributed by atoms with Crippen LogP contribution in [0.3, 0.4) is 0 Å². The van der Waals surface area contributed by atoms with E-state index in [0.29, 0.717) is 6.61 Å². The van der Waals surface area contributed by atoms with Crippen LogP contribution in [0.25, 0.3) is 0 Å². The zero-order valence-corrected chi connectivity index (χ0v) is 10.3. The monoisotopic (exact) mass is 271 g/mol. The molecule has 0 saturated heterocycles. The van der Waals surface area contributed by atoms with Gasteiger partial charge in [0.15, 0.2) is 0 Å². The minimum Gasteiger partial charge on any atom is -0.368 e.